The van der Waals surface area contributed by atoms with Crippen molar-refractivity contribution in [2.45, 2.75) is 56.6 Å². The van der Waals surface area contributed by atoms with Crippen LogP contribution in [-0.2, 0) is 4.79 Å². The Kier molecular flexibility index (Phi) is 22.0. The topological polar surface area (TPSA) is 267 Å². The van der Waals surface area contributed by atoms with Crippen LogP contribution in [0.15, 0.2) is 123 Å². The number of likely N-dealkylation sites (N-methyl/N-ethyl adjacent to an activating group) is 1. The van der Waals surface area contributed by atoms with Gasteiger partial charge in [-0.3, -0.25) is 14.6 Å². The molecule has 3 aromatic carbocycles. The monoisotopic (exact) mass is 1380 g/mol. The smallest absolute Gasteiger partial charge is 0.219 e. The molecule has 9 aromatic rings. The number of likely N-dealkylation sites (tertiary alicyclic amines) is 2. The second-order valence-electron chi connectivity index (χ2n) is 22.3. The highest BCUT2D eigenvalue weighted by molar-refractivity contribution is 9.11. The zero-order valence-electron chi connectivity index (χ0n) is 48.8. The number of aliphatic hydroxyl groups is 4. The molecule has 0 radical (unpaired) electrons. The number of aromatic amines is 3. The number of pyridine rings is 3. The lowest BCUT2D eigenvalue weighted by atomic mass is 10.1. The number of imidazole rings is 3. The maximum atomic E-state index is 11.4. The number of piperazine rings is 1. The average Bonchev–Trinajstić information content (AvgIpc) is 3.03. The fraction of sp³-hybridized carbons (Fsp3) is 0.403. The molecule has 9 heterocycles. The van der Waals surface area contributed by atoms with E-state index < -0.39 is 18.3 Å². The van der Waals surface area contributed by atoms with Crippen LogP contribution in [-0.4, -0.2) is 232 Å². The number of hydrogen-bond acceptors (Lipinski definition) is 18. The third-order valence-corrected chi connectivity index (χ3v) is 16.7. The van der Waals surface area contributed by atoms with Crippen molar-refractivity contribution in [1.82, 2.24) is 69.4 Å². The number of halogens is 3. The molecule has 0 spiro atoms. The van der Waals surface area contributed by atoms with E-state index in [0.717, 1.165) is 128 Å². The van der Waals surface area contributed by atoms with Gasteiger partial charge in [0.05, 0.1) is 22.7 Å². The largest absolute Gasteiger partial charge is 0.491 e. The molecule has 460 valence electrons. The Balaban J connectivity index is 0.000000145. The summed E-state index contributed by atoms with van der Waals surface area (Å²) < 4.78 is 20.0. The molecule has 7 N–H and O–H groups in total. The van der Waals surface area contributed by atoms with Crippen molar-refractivity contribution < 1.29 is 39.4 Å². The highest BCUT2D eigenvalue weighted by atomic mass is 79.9. The van der Waals surface area contributed by atoms with Crippen molar-refractivity contribution >= 4 is 87.2 Å². The quantitative estimate of drug-likeness (QED) is 0.0410. The van der Waals surface area contributed by atoms with Crippen molar-refractivity contribution in [3.63, 3.8) is 0 Å². The second-order valence-corrected chi connectivity index (χ2v) is 25.0. The van der Waals surface area contributed by atoms with Crippen LogP contribution in [0.4, 0.5) is 0 Å². The Morgan fingerprint density at radius 3 is 1.23 bits per heavy atom. The van der Waals surface area contributed by atoms with Gasteiger partial charge in [-0.1, -0.05) is 0 Å². The molecule has 4 atom stereocenters. The van der Waals surface area contributed by atoms with Gasteiger partial charge >= 0.3 is 0 Å². The van der Waals surface area contributed by atoms with Crippen LogP contribution in [0.2, 0.25) is 0 Å². The van der Waals surface area contributed by atoms with E-state index in [1.54, 1.807) is 25.5 Å². The van der Waals surface area contributed by atoms with Crippen LogP contribution in [0.5, 0.6) is 17.2 Å². The number of carbonyl (C=O) groups excluding carboxylic acids is 1. The molecule has 0 aliphatic carbocycles. The number of piperidine rings is 1. The first-order valence-corrected chi connectivity index (χ1v) is 31.4. The Hall–Kier alpha value is -6.49. The second kappa shape index (κ2) is 30.1. The van der Waals surface area contributed by atoms with Gasteiger partial charge in [0.2, 0.25) is 5.91 Å². The molecule has 0 saturated carbocycles. The number of nitrogens with zero attached hydrogens (tertiary/aromatic N) is 11. The molecular weight excluding hydrogens is 1310 g/mol. The Morgan fingerprint density at radius 1 is 0.540 bits per heavy atom. The maximum absolute atomic E-state index is 11.4. The molecule has 3 aliphatic rings. The number of β-amino-alcohol motifs (C(OH)–C–C–N with tert-alkyl or cyclic N) is 3. The number of amides is 1. The maximum Gasteiger partial charge on any atom is 0.219 e. The molecule has 6 aromatic heterocycles. The zero-order chi connectivity index (χ0) is 61.0. The van der Waals surface area contributed by atoms with Crippen molar-refractivity contribution in [1.29, 1.82) is 0 Å². The molecule has 3 aliphatic heterocycles. The molecular formula is C62H73Br3N14O8. The lowest BCUT2D eigenvalue weighted by Gasteiger charge is -2.35. The van der Waals surface area contributed by atoms with E-state index in [1.807, 2.05) is 95.9 Å². The lowest BCUT2D eigenvalue weighted by molar-refractivity contribution is -0.130. The molecule has 1 amide bonds. The molecule has 4 unspecified atom stereocenters. The lowest BCUT2D eigenvalue weighted by Crippen LogP contribution is -2.50. The van der Waals surface area contributed by atoms with Crippen LogP contribution >= 0.6 is 47.8 Å². The van der Waals surface area contributed by atoms with Gasteiger partial charge < -0.3 is 64.3 Å². The number of aliphatic hydroxyl groups excluding tert-OH is 4. The van der Waals surface area contributed by atoms with Gasteiger partial charge in [0.15, 0.2) is 16.9 Å². The van der Waals surface area contributed by atoms with Crippen LogP contribution < -0.4 is 14.2 Å². The van der Waals surface area contributed by atoms with Gasteiger partial charge in [0.1, 0.15) is 72.9 Å². The summed E-state index contributed by atoms with van der Waals surface area (Å²) in [6.07, 6.45) is 6.01. The summed E-state index contributed by atoms with van der Waals surface area (Å²) in [5.41, 5.74) is 7.48. The number of fused-ring (bicyclic) bond motifs is 3. The van der Waals surface area contributed by atoms with E-state index in [1.165, 1.54) is 0 Å². The number of ether oxygens (including phenoxy) is 3. The van der Waals surface area contributed by atoms with Crippen molar-refractivity contribution in [2.75, 3.05) is 106 Å². The van der Waals surface area contributed by atoms with Gasteiger partial charge in [0.25, 0.3) is 0 Å². The third-order valence-electron chi connectivity index (χ3n) is 15.4. The van der Waals surface area contributed by atoms with E-state index >= 15 is 0 Å². The number of rotatable bonds is 19. The summed E-state index contributed by atoms with van der Waals surface area (Å²) in [5, 5.41) is 40.4. The molecule has 87 heavy (non-hydrogen) atoms. The van der Waals surface area contributed by atoms with Crippen molar-refractivity contribution in [3.05, 3.63) is 123 Å². The number of H-pyrrole nitrogens is 3. The van der Waals surface area contributed by atoms with E-state index in [-0.39, 0.29) is 31.8 Å². The number of nitrogens with one attached hydrogen (secondary N) is 3. The summed E-state index contributed by atoms with van der Waals surface area (Å²) in [4.78, 5) is 58.3. The minimum atomic E-state index is -0.589. The van der Waals surface area contributed by atoms with E-state index in [4.69, 9.17) is 14.2 Å². The predicted octanol–water partition coefficient (Wildman–Crippen LogP) is 7.64. The van der Waals surface area contributed by atoms with Crippen LogP contribution in [0.3, 0.4) is 0 Å². The van der Waals surface area contributed by atoms with Gasteiger partial charge in [0, 0.05) is 127 Å². The summed E-state index contributed by atoms with van der Waals surface area (Å²) in [6.45, 7) is 10.7. The molecule has 0 bridgehead atoms. The van der Waals surface area contributed by atoms with Crippen LogP contribution in [0.1, 0.15) is 26.2 Å². The SMILES string of the molecule is CC(=O)N1CCN(CC(O)COc2ccc(-c3nc4ncc(Br)cc4[nH]3)cc2)CC1.CN(C)C1CCN(CC(O)COc2ccc(-c3nc4ncc(Br)cc4[nH]3)cc2)C1.OC1CCN(CC(O)COc2ccc(-c3nc4ncc(Br)cc4[nH]3)cc2)CC1. The predicted molar refractivity (Wildman–Crippen MR) is 344 cm³/mol. The Bertz CT molecular complexity index is 3650. The van der Waals surface area contributed by atoms with Gasteiger partial charge in [-0.15, -0.1) is 0 Å². The Morgan fingerprint density at radius 2 is 0.885 bits per heavy atom. The fourth-order valence-electron chi connectivity index (χ4n) is 10.5. The molecule has 25 heteroatoms. The first-order chi connectivity index (χ1) is 42.0. The van der Waals surface area contributed by atoms with Gasteiger partial charge in [-0.05, 0) is 179 Å². The number of benzene rings is 3. The minimum Gasteiger partial charge on any atom is -0.491 e. The van der Waals surface area contributed by atoms with Gasteiger partial charge in [-0.2, -0.15) is 0 Å². The minimum absolute atomic E-state index is 0.105. The molecule has 3 fully saturated rings. The Labute approximate surface area is 529 Å². The van der Waals surface area contributed by atoms with Crippen molar-refractivity contribution in [3.8, 4) is 51.4 Å². The standard InChI is InChI=1S/C21H24BrN5O3.C21H26BrN5O2.C20H23BrN4O3/c1-14(28)27-8-6-26(7-9-27)12-17(29)13-30-18-4-2-15(3-5-18)20-24-19-10-16(22)11-23-21(19)25-20;1-26(2)16-7-8-27(11-16)12-17(28)13-29-18-5-3-14(4-6-18)20-24-19-9-15(22)10-23-21(19)25-20;21-14-9-18-20(22-10-14)24-19(23-18)13-1-3-17(4-2-13)28-12-16(27)11-25-7-5-15(26)6-8-25/h2-5,10-11,17,29H,6-9,12-13H2,1H3,(H,23,24,25);3-6,9-10,16-17,28H,7-8,11-13H2,1-2H3,(H,23,24,25);1-4,9-10,15-16,26-27H,5-8,11-12H2,(H,22,23,24). The molecule has 12 rings (SSSR count). The van der Waals surface area contributed by atoms with E-state index in [0.29, 0.717) is 67.2 Å². The summed E-state index contributed by atoms with van der Waals surface area (Å²) in [5.74, 6) is 4.49. The first-order valence-electron chi connectivity index (χ1n) is 29.1. The molecule has 3 saturated heterocycles. The molecule has 22 nitrogen and oxygen atoms in total. The van der Waals surface area contributed by atoms with Crippen LogP contribution in [0.25, 0.3) is 67.7 Å². The van der Waals surface area contributed by atoms with Crippen LogP contribution in [0, 0.1) is 0 Å². The number of hydrogen-bond donors (Lipinski definition) is 7. The van der Waals surface area contributed by atoms with Crippen molar-refractivity contribution in [2.24, 2.45) is 0 Å². The highest BCUT2D eigenvalue weighted by Crippen LogP contribution is 2.28. The summed E-state index contributed by atoms with van der Waals surface area (Å²) in [7, 11) is 4.22. The highest BCUT2D eigenvalue weighted by Gasteiger charge is 2.26. The summed E-state index contributed by atoms with van der Waals surface area (Å²) in [6, 6.07) is 29.3. The first kappa shape index (κ1) is 63.5. The van der Waals surface area contributed by atoms with Gasteiger partial charge in [-0.25, -0.2) is 29.9 Å². The zero-order valence-corrected chi connectivity index (χ0v) is 53.5. The third kappa shape index (κ3) is 18.1. The summed E-state index contributed by atoms with van der Waals surface area (Å²) >= 11 is 10.2. The normalized spacial score (nSPS) is 17.2. The fourth-order valence-corrected chi connectivity index (χ4v) is 11.5. The number of carbonyl (C=O) groups is 1. The average molecular weight is 1380 g/mol. The number of aromatic nitrogens is 9. The van der Waals surface area contributed by atoms with E-state index in [9.17, 15) is 25.2 Å². The van der Waals surface area contributed by atoms with E-state index in [2.05, 4.69) is 126 Å².